The van der Waals surface area contributed by atoms with Crippen LogP contribution in [0.3, 0.4) is 0 Å². The summed E-state index contributed by atoms with van der Waals surface area (Å²) in [6, 6.07) is 8.14. The van der Waals surface area contributed by atoms with Crippen molar-refractivity contribution < 1.29 is 26.3 Å². The van der Waals surface area contributed by atoms with E-state index in [-0.39, 0.29) is 22.2 Å². The molecule has 0 aliphatic carbocycles. The van der Waals surface area contributed by atoms with Gasteiger partial charge in [0.1, 0.15) is 29.5 Å². The number of halogens is 4. The molecular weight excluding hydrogens is 485 g/mol. The molecule has 0 aliphatic heterocycles. The standard InChI is InChI=1S/C19H18ClF3N6O3S/c1-11-13(20)4-6-16(27-11)29-18-8-17(25-10-26-18)28-14-7-12(33(30,31)24-2)3-5-15(14)32-9-19(21,22)23/h3-8,10,24H,9H2,1-2H3,(H2,25,26,27,28,29). The van der Waals surface area contributed by atoms with Crippen molar-refractivity contribution in [3.05, 3.63) is 53.4 Å². The van der Waals surface area contributed by atoms with Crippen molar-refractivity contribution in [2.45, 2.75) is 18.0 Å². The van der Waals surface area contributed by atoms with Crippen molar-refractivity contribution in [1.82, 2.24) is 19.7 Å². The van der Waals surface area contributed by atoms with E-state index in [0.717, 1.165) is 18.2 Å². The van der Waals surface area contributed by atoms with Gasteiger partial charge in [-0.05, 0) is 44.3 Å². The molecular formula is C19H18ClF3N6O3S. The third-order valence-corrected chi connectivity index (χ3v) is 5.94. The quantitative estimate of drug-likeness (QED) is 0.420. The van der Waals surface area contributed by atoms with Crippen LogP contribution in [0, 0.1) is 6.92 Å². The van der Waals surface area contributed by atoms with Crippen LogP contribution in [-0.4, -0.2) is 43.2 Å². The summed E-state index contributed by atoms with van der Waals surface area (Å²) in [5.41, 5.74) is 0.559. The van der Waals surface area contributed by atoms with Gasteiger partial charge in [0.05, 0.1) is 21.3 Å². The fourth-order valence-corrected chi connectivity index (χ4v) is 3.42. The van der Waals surface area contributed by atoms with Gasteiger partial charge in [-0.1, -0.05) is 11.6 Å². The lowest BCUT2D eigenvalue weighted by atomic mass is 10.3. The van der Waals surface area contributed by atoms with E-state index < -0.39 is 22.8 Å². The largest absolute Gasteiger partial charge is 0.482 e. The second-order valence-electron chi connectivity index (χ2n) is 6.57. The Morgan fingerprint density at radius 1 is 1.03 bits per heavy atom. The van der Waals surface area contributed by atoms with E-state index in [9.17, 15) is 21.6 Å². The van der Waals surface area contributed by atoms with E-state index in [1.54, 1.807) is 19.1 Å². The maximum absolute atomic E-state index is 12.6. The molecule has 0 unspecified atom stereocenters. The lowest BCUT2D eigenvalue weighted by molar-refractivity contribution is -0.153. The first-order valence-electron chi connectivity index (χ1n) is 9.23. The molecule has 3 rings (SSSR count). The van der Waals surface area contributed by atoms with Gasteiger partial charge in [0, 0.05) is 6.07 Å². The first-order chi connectivity index (χ1) is 15.5. The Kier molecular flexibility index (Phi) is 7.25. The van der Waals surface area contributed by atoms with Crippen molar-refractivity contribution >= 4 is 44.8 Å². The average Bonchev–Trinajstić information content (AvgIpc) is 2.75. The fraction of sp³-hybridized carbons (Fsp3) is 0.211. The molecule has 2 heterocycles. The average molecular weight is 503 g/mol. The summed E-state index contributed by atoms with van der Waals surface area (Å²) in [7, 11) is -2.65. The Labute approximate surface area is 192 Å². The summed E-state index contributed by atoms with van der Waals surface area (Å²) in [6.07, 6.45) is -3.37. The molecule has 0 radical (unpaired) electrons. The second-order valence-corrected chi connectivity index (χ2v) is 8.87. The molecule has 0 saturated carbocycles. The number of nitrogens with one attached hydrogen (secondary N) is 3. The number of aryl methyl sites for hydroxylation is 1. The molecule has 2 aromatic heterocycles. The van der Waals surface area contributed by atoms with Crippen LogP contribution in [0.2, 0.25) is 5.02 Å². The maximum atomic E-state index is 12.6. The molecule has 0 amide bonds. The maximum Gasteiger partial charge on any atom is 0.422 e. The Morgan fingerprint density at radius 3 is 2.36 bits per heavy atom. The highest BCUT2D eigenvalue weighted by Crippen LogP contribution is 2.32. The van der Waals surface area contributed by atoms with Gasteiger partial charge in [0.25, 0.3) is 0 Å². The van der Waals surface area contributed by atoms with Crippen LogP contribution in [0.25, 0.3) is 0 Å². The number of hydrogen-bond acceptors (Lipinski definition) is 8. The zero-order valence-electron chi connectivity index (χ0n) is 17.2. The topological polar surface area (TPSA) is 118 Å². The molecule has 33 heavy (non-hydrogen) atoms. The predicted octanol–water partition coefficient (Wildman–Crippen LogP) is 4.17. The lowest BCUT2D eigenvalue weighted by Gasteiger charge is -2.16. The highest BCUT2D eigenvalue weighted by molar-refractivity contribution is 7.89. The Morgan fingerprint density at radius 2 is 1.73 bits per heavy atom. The molecule has 176 valence electrons. The van der Waals surface area contributed by atoms with Crippen molar-refractivity contribution in [3.8, 4) is 5.75 Å². The van der Waals surface area contributed by atoms with Gasteiger partial charge in [-0.25, -0.2) is 28.1 Å². The third-order valence-electron chi connectivity index (χ3n) is 4.13. The summed E-state index contributed by atoms with van der Waals surface area (Å²) in [5, 5.41) is 6.22. The van der Waals surface area contributed by atoms with Gasteiger partial charge in [0.15, 0.2) is 6.61 Å². The highest BCUT2D eigenvalue weighted by atomic mass is 35.5. The van der Waals surface area contributed by atoms with E-state index in [2.05, 4.69) is 30.3 Å². The Balaban J connectivity index is 1.90. The summed E-state index contributed by atoms with van der Waals surface area (Å²) in [6.45, 7) is 0.174. The van der Waals surface area contributed by atoms with Crippen LogP contribution in [0.4, 0.5) is 36.3 Å². The lowest BCUT2D eigenvalue weighted by Crippen LogP contribution is -2.20. The molecule has 1 aromatic carbocycles. The molecule has 0 atom stereocenters. The molecule has 0 bridgehead atoms. The van der Waals surface area contributed by atoms with Crippen LogP contribution >= 0.6 is 11.6 Å². The minimum absolute atomic E-state index is 0.0410. The number of ether oxygens (including phenoxy) is 1. The summed E-state index contributed by atoms with van der Waals surface area (Å²) in [4.78, 5) is 12.2. The van der Waals surface area contributed by atoms with Gasteiger partial charge in [-0.3, -0.25) is 0 Å². The number of pyridine rings is 1. The molecule has 0 spiro atoms. The van der Waals surface area contributed by atoms with Gasteiger partial charge < -0.3 is 15.4 Å². The van der Waals surface area contributed by atoms with Crippen molar-refractivity contribution in [1.29, 1.82) is 0 Å². The first kappa shape index (κ1) is 24.5. The van der Waals surface area contributed by atoms with Gasteiger partial charge >= 0.3 is 6.18 Å². The van der Waals surface area contributed by atoms with Crippen LogP contribution < -0.4 is 20.1 Å². The van der Waals surface area contributed by atoms with E-state index >= 15 is 0 Å². The number of anilines is 4. The van der Waals surface area contributed by atoms with Crippen molar-refractivity contribution in [2.24, 2.45) is 0 Å². The summed E-state index contributed by atoms with van der Waals surface area (Å²) in [5.74, 6) is 0.718. The molecule has 0 saturated heterocycles. The number of hydrogen-bond donors (Lipinski definition) is 3. The van der Waals surface area contributed by atoms with E-state index in [0.29, 0.717) is 22.4 Å². The van der Waals surface area contributed by atoms with Crippen LogP contribution in [0.5, 0.6) is 5.75 Å². The number of sulfonamides is 1. The smallest absolute Gasteiger partial charge is 0.422 e. The monoisotopic (exact) mass is 502 g/mol. The van der Waals surface area contributed by atoms with Crippen LogP contribution in [0.15, 0.2) is 47.6 Å². The number of rotatable bonds is 8. The Hall–Kier alpha value is -3.16. The molecule has 0 fully saturated rings. The fourth-order valence-electron chi connectivity index (χ4n) is 2.55. The zero-order chi connectivity index (χ0) is 24.2. The van der Waals surface area contributed by atoms with E-state index in [1.807, 2.05) is 0 Å². The minimum Gasteiger partial charge on any atom is -0.482 e. The number of nitrogens with zero attached hydrogens (tertiary/aromatic N) is 3. The third kappa shape index (κ3) is 6.66. The van der Waals surface area contributed by atoms with Crippen LogP contribution in [-0.2, 0) is 10.0 Å². The van der Waals surface area contributed by atoms with Crippen LogP contribution in [0.1, 0.15) is 5.69 Å². The minimum atomic E-state index is -4.58. The molecule has 3 aromatic rings. The van der Waals surface area contributed by atoms with Gasteiger partial charge in [0.2, 0.25) is 10.0 Å². The SMILES string of the molecule is CNS(=O)(=O)c1ccc(OCC(F)(F)F)c(Nc2cc(Nc3ccc(Cl)c(C)n3)ncn2)c1. The number of aromatic nitrogens is 3. The van der Waals surface area contributed by atoms with E-state index in [1.165, 1.54) is 19.4 Å². The molecule has 3 N–H and O–H groups in total. The van der Waals surface area contributed by atoms with Gasteiger partial charge in [-0.2, -0.15) is 13.2 Å². The molecule has 9 nitrogen and oxygen atoms in total. The Bertz CT molecular complexity index is 1260. The molecule has 0 aliphatic rings. The second kappa shape index (κ2) is 9.77. The summed E-state index contributed by atoms with van der Waals surface area (Å²) < 4.78 is 69.2. The zero-order valence-corrected chi connectivity index (χ0v) is 18.8. The van der Waals surface area contributed by atoms with Gasteiger partial charge in [-0.15, -0.1) is 0 Å². The number of alkyl halides is 3. The first-order valence-corrected chi connectivity index (χ1v) is 11.1. The summed E-state index contributed by atoms with van der Waals surface area (Å²) >= 11 is 5.97. The predicted molar refractivity (Wildman–Crippen MR) is 117 cm³/mol. The molecule has 14 heteroatoms. The van der Waals surface area contributed by atoms with Crippen molar-refractivity contribution in [2.75, 3.05) is 24.3 Å². The normalized spacial score (nSPS) is 11.8. The van der Waals surface area contributed by atoms with Crippen molar-refractivity contribution in [3.63, 3.8) is 0 Å². The van der Waals surface area contributed by atoms with E-state index in [4.69, 9.17) is 16.3 Å². The highest BCUT2D eigenvalue weighted by Gasteiger charge is 2.29. The number of benzene rings is 1.